The van der Waals surface area contributed by atoms with Gasteiger partial charge < -0.3 is 10.1 Å². The summed E-state index contributed by atoms with van der Waals surface area (Å²) in [6.07, 6.45) is 3.38. The summed E-state index contributed by atoms with van der Waals surface area (Å²) in [4.78, 5) is 24.7. The van der Waals surface area contributed by atoms with E-state index in [9.17, 15) is 18.0 Å². The highest BCUT2D eigenvalue weighted by atomic mass is 35.5. The normalized spacial score (nSPS) is 14.8. The van der Waals surface area contributed by atoms with Crippen LogP contribution in [0.4, 0.5) is 5.69 Å². The SMILES string of the molecule is CCCOC(=O)c1ccc(NC(=O)c2cc(S(=O)(=O)N3CCCCC3)ccc2Cl)cc1. The summed E-state index contributed by atoms with van der Waals surface area (Å²) in [5.41, 5.74) is 0.877. The first-order chi connectivity index (χ1) is 14.8. The van der Waals surface area contributed by atoms with E-state index in [2.05, 4.69) is 5.32 Å². The summed E-state index contributed by atoms with van der Waals surface area (Å²) >= 11 is 6.18. The molecule has 0 aliphatic carbocycles. The maximum absolute atomic E-state index is 12.9. The number of sulfonamides is 1. The van der Waals surface area contributed by atoms with Crippen LogP contribution in [0.3, 0.4) is 0 Å². The van der Waals surface area contributed by atoms with E-state index in [1.54, 1.807) is 24.3 Å². The zero-order chi connectivity index (χ0) is 22.4. The molecule has 166 valence electrons. The van der Waals surface area contributed by atoms with E-state index in [0.717, 1.165) is 25.7 Å². The van der Waals surface area contributed by atoms with Gasteiger partial charge in [0.15, 0.2) is 0 Å². The number of nitrogens with zero attached hydrogens (tertiary/aromatic N) is 1. The Morgan fingerprint density at radius 3 is 2.39 bits per heavy atom. The Labute approximate surface area is 187 Å². The van der Waals surface area contributed by atoms with Crippen LogP contribution in [-0.4, -0.2) is 44.3 Å². The van der Waals surface area contributed by atoms with Gasteiger partial charge in [-0.25, -0.2) is 13.2 Å². The number of amides is 1. The number of hydrogen-bond donors (Lipinski definition) is 1. The Bertz CT molecular complexity index is 1050. The molecule has 0 atom stereocenters. The van der Waals surface area contributed by atoms with Crippen molar-refractivity contribution in [3.8, 4) is 0 Å². The second kappa shape index (κ2) is 10.3. The highest BCUT2D eigenvalue weighted by Crippen LogP contribution is 2.26. The monoisotopic (exact) mass is 464 g/mol. The van der Waals surface area contributed by atoms with Gasteiger partial charge in [-0.1, -0.05) is 24.9 Å². The number of ether oxygens (including phenoxy) is 1. The first-order valence-electron chi connectivity index (χ1n) is 10.2. The molecule has 1 amide bonds. The molecule has 0 spiro atoms. The molecule has 1 N–H and O–H groups in total. The van der Waals surface area contributed by atoms with Gasteiger partial charge in [-0.2, -0.15) is 4.31 Å². The fraction of sp³-hybridized carbons (Fsp3) is 0.364. The molecule has 1 aliphatic rings. The lowest BCUT2D eigenvalue weighted by molar-refractivity contribution is 0.0505. The quantitative estimate of drug-likeness (QED) is 0.615. The predicted molar refractivity (Wildman–Crippen MR) is 119 cm³/mol. The van der Waals surface area contributed by atoms with Gasteiger partial charge in [0.05, 0.1) is 27.7 Å². The van der Waals surface area contributed by atoms with Crippen LogP contribution >= 0.6 is 11.6 Å². The van der Waals surface area contributed by atoms with E-state index in [1.807, 2.05) is 6.92 Å². The van der Waals surface area contributed by atoms with Crippen LogP contribution in [0.25, 0.3) is 0 Å². The summed E-state index contributed by atoms with van der Waals surface area (Å²) < 4.78 is 32.3. The van der Waals surface area contributed by atoms with Crippen molar-refractivity contribution in [3.05, 3.63) is 58.6 Å². The third kappa shape index (κ3) is 5.64. The third-order valence-corrected chi connectivity index (χ3v) is 7.18. The van der Waals surface area contributed by atoms with E-state index in [4.69, 9.17) is 16.3 Å². The second-order valence-corrected chi connectivity index (χ2v) is 9.62. The molecule has 1 aliphatic heterocycles. The molecule has 1 saturated heterocycles. The van der Waals surface area contributed by atoms with Crippen molar-refractivity contribution < 1.29 is 22.7 Å². The molecule has 1 heterocycles. The van der Waals surface area contributed by atoms with Gasteiger partial charge in [0.2, 0.25) is 10.0 Å². The molecule has 2 aromatic carbocycles. The van der Waals surface area contributed by atoms with Gasteiger partial charge >= 0.3 is 5.97 Å². The Hall–Kier alpha value is -2.42. The third-order valence-electron chi connectivity index (χ3n) is 4.95. The second-order valence-electron chi connectivity index (χ2n) is 7.27. The Balaban J connectivity index is 1.76. The molecule has 9 heteroatoms. The largest absolute Gasteiger partial charge is 0.462 e. The Morgan fingerprint density at radius 2 is 1.74 bits per heavy atom. The number of carbonyl (C=O) groups is 2. The molecule has 0 aromatic heterocycles. The topological polar surface area (TPSA) is 92.8 Å². The van der Waals surface area contributed by atoms with Crippen LogP contribution in [-0.2, 0) is 14.8 Å². The molecule has 2 aromatic rings. The number of benzene rings is 2. The van der Waals surface area contributed by atoms with Crippen molar-refractivity contribution in [2.24, 2.45) is 0 Å². The number of hydrogen-bond acceptors (Lipinski definition) is 5. The van der Waals surface area contributed by atoms with Crippen LogP contribution in [0, 0.1) is 0 Å². The van der Waals surface area contributed by atoms with Crippen molar-refractivity contribution in [2.45, 2.75) is 37.5 Å². The van der Waals surface area contributed by atoms with E-state index < -0.39 is 21.9 Å². The fourth-order valence-electron chi connectivity index (χ4n) is 3.26. The predicted octanol–water partition coefficient (Wildman–Crippen LogP) is 4.33. The lowest BCUT2D eigenvalue weighted by Crippen LogP contribution is -2.35. The van der Waals surface area contributed by atoms with E-state index in [1.165, 1.54) is 22.5 Å². The Kier molecular flexibility index (Phi) is 7.69. The first kappa shape index (κ1) is 23.2. The number of carbonyl (C=O) groups excluding carboxylic acids is 2. The summed E-state index contributed by atoms with van der Waals surface area (Å²) in [5.74, 6) is -0.972. The number of halogens is 1. The average molecular weight is 465 g/mol. The van der Waals surface area contributed by atoms with Crippen molar-refractivity contribution >= 4 is 39.2 Å². The van der Waals surface area contributed by atoms with Gasteiger partial charge in [-0.3, -0.25) is 4.79 Å². The maximum atomic E-state index is 12.9. The van der Waals surface area contributed by atoms with Crippen molar-refractivity contribution in [3.63, 3.8) is 0 Å². The van der Waals surface area contributed by atoms with Crippen LogP contribution in [0.5, 0.6) is 0 Å². The minimum atomic E-state index is -3.69. The molecule has 31 heavy (non-hydrogen) atoms. The van der Waals surface area contributed by atoms with Crippen LogP contribution in [0.2, 0.25) is 5.02 Å². The standard InChI is InChI=1S/C22H25ClN2O5S/c1-2-14-30-22(27)16-6-8-17(9-7-16)24-21(26)19-15-18(10-11-20(19)23)31(28,29)25-12-4-3-5-13-25/h6-11,15H,2-5,12-14H2,1H3,(H,24,26). The number of anilines is 1. The maximum Gasteiger partial charge on any atom is 0.338 e. The molecule has 0 radical (unpaired) electrons. The fourth-order valence-corrected chi connectivity index (χ4v) is 5.01. The first-order valence-corrected chi connectivity index (χ1v) is 12.0. The molecule has 0 bridgehead atoms. The van der Waals surface area contributed by atoms with Gasteiger partial charge in [-0.15, -0.1) is 0 Å². The van der Waals surface area contributed by atoms with Gasteiger partial charge in [0, 0.05) is 18.8 Å². The van der Waals surface area contributed by atoms with Crippen LogP contribution < -0.4 is 5.32 Å². The molecule has 0 saturated carbocycles. The smallest absolute Gasteiger partial charge is 0.338 e. The molecular formula is C22H25ClN2O5S. The molecule has 1 fully saturated rings. The molecular weight excluding hydrogens is 440 g/mol. The lowest BCUT2D eigenvalue weighted by Gasteiger charge is -2.26. The van der Waals surface area contributed by atoms with Gasteiger partial charge in [-0.05, 0) is 61.7 Å². The lowest BCUT2D eigenvalue weighted by atomic mass is 10.2. The molecule has 7 nitrogen and oxygen atoms in total. The van der Waals surface area contributed by atoms with Crippen molar-refractivity contribution in [1.82, 2.24) is 4.31 Å². The Morgan fingerprint density at radius 1 is 1.06 bits per heavy atom. The van der Waals surface area contributed by atoms with Gasteiger partial charge in [0.25, 0.3) is 5.91 Å². The number of rotatable bonds is 7. The van der Waals surface area contributed by atoms with Crippen molar-refractivity contribution in [2.75, 3.05) is 25.0 Å². The molecule has 0 unspecified atom stereocenters. The number of piperidine rings is 1. The molecule has 3 rings (SSSR count). The minimum Gasteiger partial charge on any atom is -0.462 e. The van der Waals surface area contributed by atoms with E-state index in [0.29, 0.717) is 30.9 Å². The van der Waals surface area contributed by atoms with Gasteiger partial charge in [0.1, 0.15) is 0 Å². The summed E-state index contributed by atoms with van der Waals surface area (Å²) in [6.45, 7) is 3.19. The van der Waals surface area contributed by atoms with E-state index >= 15 is 0 Å². The zero-order valence-corrected chi connectivity index (χ0v) is 18.8. The number of nitrogens with one attached hydrogen (secondary N) is 1. The highest BCUT2D eigenvalue weighted by Gasteiger charge is 2.27. The summed E-state index contributed by atoms with van der Waals surface area (Å²) in [5, 5.41) is 2.83. The van der Waals surface area contributed by atoms with Crippen LogP contribution in [0.1, 0.15) is 53.3 Å². The van der Waals surface area contributed by atoms with Crippen LogP contribution in [0.15, 0.2) is 47.4 Å². The zero-order valence-electron chi connectivity index (χ0n) is 17.3. The number of esters is 1. The van der Waals surface area contributed by atoms with E-state index in [-0.39, 0.29) is 15.5 Å². The highest BCUT2D eigenvalue weighted by molar-refractivity contribution is 7.89. The summed E-state index contributed by atoms with van der Waals surface area (Å²) in [6, 6.07) is 10.4. The summed E-state index contributed by atoms with van der Waals surface area (Å²) in [7, 11) is -3.69. The van der Waals surface area contributed by atoms with Crippen molar-refractivity contribution in [1.29, 1.82) is 0 Å². The average Bonchev–Trinajstić information content (AvgIpc) is 2.78. The minimum absolute atomic E-state index is 0.0398.